The monoisotopic (exact) mass is 435 g/mol. The number of nitrogens with one attached hydrogen (secondary N) is 2. The molecule has 2 aromatic carbocycles. The van der Waals surface area contributed by atoms with Crippen molar-refractivity contribution in [3.8, 4) is 5.75 Å². The number of halogens is 1. The molecule has 2 aliphatic heterocycles. The van der Waals surface area contributed by atoms with Crippen LogP contribution in [0.5, 0.6) is 5.75 Å². The van der Waals surface area contributed by atoms with Gasteiger partial charge < -0.3 is 10.1 Å². The zero-order chi connectivity index (χ0) is 20.8. The summed E-state index contributed by atoms with van der Waals surface area (Å²) in [6.45, 7) is 9.32. The van der Waals surface area contributed by atoms with Gasteiger partial charge in [0.15, 0.2) is 6.23 Å². The molecule has 156 valence electrons. The fourth-order valence-corrected chi connectivity index (χ4v) is 5.59. The number of benzene rings is 2. The van der Waals surface area contributed by atoms with Crippen LogP contribution >= 0.6 is 11.6 Å². The van der Waals surface area contributed by atoms with E-state index in [2.05, 4.69) is 14.9 Å². The SMILES string of the molecule is Cc1cc(S(=O)(=O)Nc2cc(C)c3c(c2)CC(N2CCNCC2)O3)c(C)cc1Cl. The number of ether oxygens (including phenoxy) is 1. The van der Waals surface area contributed by atoms with Gasteiger partial charge in [-0.3, -0.25) is 9.62 Å². The number of nitrogens with zero attached hydrogens (tertiary/aromatic N) is 1. The molecule has 0 spiro atoms. The van der Waals surface area contributed by atoms with E-state index in [9.17, 15) is 8.42 Å². The molecule has 1 unspecified atom stereocenters. The first-order valence-electron chi connectivity index (χ1n) is 9.79. The van der Waals surface area contributed by atoms with Crippen LogP contribution in [0.1, 0.15) is 22.3 Å². The van der Waals surface area contributed by atoms with E-state index in [0.29, 0.717) is 16.3 Å². The second-order valence-corrected chi connectivity index (χ2v) is 9.87. The molecule has 0 radical (unpaired) electrons. The highest BCUT2D eigenvalue weighted by molar-refractivity contribution is 7.92. The minimum Gasteiger partial charge on any atom is -0.474 e. The van der Waals surface area contributed by atoms with Crippen molar-refractivity contribution < 1.29 is 13.2 Å². The van der Waals surface area contributed by atoms with Gasteiger partial charge in [0.2, 0.25) is 0 Å². The summed E-state index contributed by atoms with van der Waals surface area (Å²) in [6, 6.07) is 7.02. The minimum absolute atomic E-state index is 0.0128. The molecule has 6 nitrogen and oxygen atoms in total. The van der Waals surface area contributed by atoms with E-state index in [1.54, 1.807) is 26.0 Å². The van der Waals surface area contributed by atoms with E-state index in [1.165, 1.54) is 0 Å². The van der Waals surface area contributed by atoms with E-state index >= 15 is 0 Å². The Balaban J connectivity index is 1.58. The van der Waals surface area contributed by atoms with Gasteiger partial charge in [0, 0.05) is 48.9 Å². The lowest BCUT2D eigenvalue weighted by Gasteiger charge is -2.31. The van der Waals surface area contributed by atoms with E-state index in [4.69, 9.17) is 16.3 Å². The number of sulfonamides is 1. The van der Waals surface area contributed by atoms with Crippen molar-refractivity contribution in [2.24, 2.45) is 0 Å². The van der Waals surface area contributed by atoms with Crippen molar-refractivity contribution >= 4 is 27.3 Å². The average molecular weight is 436 g/mol. The highest BCUT2D eigenvalue weighted by Gasteiger charge is 2.31. The maximum atomic E-state index is 13.0. The van der Waals surface area contributed by atoms with Crippen LogP contribution < -0.4 is 14.8 Å². The molecule has 1 atom stereocenters. The van der Waals surface area contributed by atoms with Gasteiger partial charge in [-0.1, -0.05) is 11.6 Å². The third kappa shape index (κ3) is 4.10. The first-order chi connectivity index (χ1) is 13.7. The lowest BCUT2D eigenvalue weighted by molar-refractivity contribution is 0.0335. The van der Waals surface area contributed by atoms with Crippen LogP contribution in [0.25, 0.3) is 0 Å². The molecule has 1 saturated heterocycles. The largest absolute Gasteiger partial charge is 0.474 e. The van der Waals surface area contributed by atoms with Gasteiger partial charge >= 0.3 is 0 Å². The molecule has 0 saturated carbocycles. The molecule has 0 amide bonds. The Morgan fingerprint density at radius 2 is 1.79 bits per heavy atom. The van der Waals surface area contributed by atoms with Crippen molar-refractivity contribution in [3.63, 3.8) is 0 Å². The number of anilines is 1. The van der Waals surface area contributed by atoms with Gasteiger partial charge in [0.1, 0.15) is 5.75 Å². The fraction of sp³-hybridized carbons (Fsp3) is 0.429. The second-order valence-electron chi connectivity index (χ2n) is 7.82. The Morgan fingerprint density at radius 3 is 2.52 bits per heavy atom. The zero-order valence-corrected chi connectivity index (χ0v) is 18.5. The average Bonchev–Trinajstić information content (AvgIpc) is 3.09. The van der Waals surface area contributed by atoms with Gasteiger partial charge in [-0.2, -0.15) is 0 Å². The van der Waals surface area contributed by atoms with Crippen LogP contribution in [0.3, 0.4) is 0 Å². The molecular formula is C21H26ClN3O3S. The normalized spacial score (nSPS) is 19.7. The molecule has 0 aromatic heterocycles. The molecule has 29 heavy (non-hydrogen) atoms. The van der Waals surface area contributed by atoms with Gasteiger partial charge in [-0.25, -0.2) is 8.42 Å². The summed E-state index contributed by atoms with van der Waals surface area (Å²) in [5.41, 5.74) is 3.87. The van der Waals surface area contributed by atoms with E-state index in [0.717, 1.165) is 55.0 Å². The third-order valence-electron chi connectivity index (χ3n) is 5.56. The molecular weight excluding hydrogens is 410 g/mol. The number of aryl methyl sites for hydroxylation is 3. The highest BCUT2D eigenvalue weighted by Crippen LogP contribution is 2.37. The van der Waals surface area contributed by atoms with Gasteiger partial charge in [0.05, 0.1) is 4.90 Å². The Labute approximate surface area is 177 Å². The summed E-state index contributed by atoms with van der Waals surface area (Å²) >= 11 is 6.12. The lowest BCUT2D eigenvalue weighted by Crippen LogP contribution is -2.50. The minimum atomic E-state index is -3.72. The van der Waals surface area contributed by atoms with Crippen molar-refractivity contribution in [2.75, 3.05) is 30.9 Å². The van der Waals surface area contributed by atoms with Crippen LogP contribution in [0, 0.1) is 20.8 Å². The van der Waals surface area contributed by atoms with Gasteiger partial charge in [-0.15, -0.1) is 0 Å². The maximum absolute atomic E-state index is 13.0. The topological polar surface area (TPSA) is 70.7 Å². The Morgan fingerprint density at radius 1 is 1.07 bits per heavy atom. The molecule has 8 heteroatoms. The quantitative estimate of drug-likeness (QED) is 0.771. The number of piperazine rings is 1. The summed E-state index contributed by atoms with van der Waals surface area (Å²) in [7, 11) is -3.72. The fourth-order valence-electron chi connectivity index (χ4n) is 4.02. The van der Waals surface area contributed by atoms with Crippen LogP contribution in [-0.4, -0.2) is 45.7 Å². The van der Waals surface area contributed by atoms with Crippen LogP contribution in [0.2, 0.25) is 5.02 Å². The summed E-state index contributed by atoms with van der Waals surface area (Å²) in [5.74, 6) is 0.870. The predicted octanol–water partition coefficient (Wildman–Crippen LogP) is 3.23. The summed E-state index contributed by atoms with van der Waals surface area (Å²) in [5, 5.41) is 3.91. The number of rotatable bonds is 4. The molecule has 2 N–H and O–H groups in total. The third-order valence-corrected chi connectivity index (χ3v) is 7.49. The maximum Gasteiger partial charge on any atom is 0.262 e. The van der Waals surface area contributed by atoms with Gasteiger partial charge in [0.25, 0.3) is 10.0 Å². The molecule has 2 heterocycles. The molecule has 2 aromatic rings. The Hall–Kier alpha value is -1.80. The van der Waals surface area contributed by atoms with E-state index in [1.807, 2.05) is 19.1 Å². The first kappa shape index (κ1) is 20.5. The lowest BCUT2D eigenvalue weighted by atomic mass is 10.1. The zero-order valence-electron chi connectivity index (χ0n) is 16.9. The molecule has 2 aliphatic rings. The molecule has 1 fully saturated rings. The van der Waals surface area contributed by atoms with Crippen molar-refractivity contribution in [2.45, 2.75) is 38.3 Å². The summed E-state index contributed by atoms with van der Waals surface area (Å²) in [6.07, 6.45) is 0.768. The summed E-state index contributed by atoms with van der Waals surface area (Å²) < 4.78 is 35.0. The van der Waals surface area contributed by atoms with Gasteiger partial charge in [-0.05, 0) is 61.7 Å². The Bertz CT molecular complexity index is 1050. The van der Waals surface area contributed by atoms with E-state index in [-0.39, 0.29) is 11.1 Å². The number of hydrogen-bond acceptors (Lipinski definition) is 5. The smallest absolute Gasteiger partial charge is 0.262 e. The standard InChI is InChI=1S/C21H26ClN3O3S/c1-13-10-19(14(2)9-18(13)22)29(26,27)24-17-8-15(3)21-16(11-17)12-20(28-21)25-6-4-23-5-7-25/h8-11,20,23-24H,4-7,12H2,1-3H3. The second kappa shape index (κ2) is 7.80. The predicted molar refractivity (Wildman–Crippen MR) is 115 cm³/mol. The molecule has 0 aliphatic carbocycles. The van der Waals surface area contributed by atoms with Crippen molar-refractivity contribution in [1.82, 2.24) is 10.2 Å². The molecule has 4 rings (SSSR count). The summed E-state index contributed by atoms with van der Waals surface area (Å²) in [4.78, 5) is 2.58. The highest BCUT2D eigenvalue weighted by atomic mass is 35.5. The molecule has 0 bridgehead atoms. The van der Waals surface area contributed by atoms with Crippen molar-refractivity contribution in [1.29, 1.82) is 0 Å². The number of fused-ring (bicyclic) bond motifs is 1. The van der Waals surface area contributed by atoms with Crippen LogP contribution in [0.15, 0.2) is 29.2 Å². The Kier molecular flexibility index (Phi) is 5.50. The number of hydrogen-bond donors (Lipinski definition) is 2. The van der Waals surface area contributed by atoms with Crippen molar-refractivity contribution in [3.05, 3.63) is 51.5 Å². The van der Waals surface area contributed by atoms with Crippen LogP contribution in [0.4, 0.5) is 5.69 Å². The van der Waals surface area contributed by atoms with Crippen LogP contribution in [-0.2, 0) is 16.4 Å². The van der Waals surface area contributed by atoms with E-state index < -0.39 is 10.0 Å². The first-order valence-corrected chi connectivity index (χ1v) is 11.7.